The van der Waals surface area contributed by atoms with E-state index in [1.165, 1.54) is 19.2 Å². The third kappa shape index (κ3) is 5.19. The zero-order valence-corrected chi connectivity index (χ0v) is 12.7. The van der Waals surface area contributed by atoms with Crippen molar-refractivity contribution in [2.45, 2.75) is 18.2 Å². The lowest BCUT2D eigenvalue weighted by molar-refractivity contribution is -0.140. The molecule has 1 rings (SSSR count). The summed E-state index contributed by atoms with van der Waals surface area (Å²) in [4.78, 5) is 11.0. The number of carbonyl (C=O) groups excluding carboxylic acids is 1. The average Bonchev–Trinajstić information content (AvgIpc) is 2.45. The molecule has 0 aliphatic carbocycles. The molecule has 0 fully saturated rings. The highest BCUT2D eigenvalue weighted by molar-refractivity contribution is 7.89. The molecule has 0 aliphatic heterocycles. The molecule has 1 aromatic carbocycles. The third-order valence-corrected chi connectivity index (χ3v) is 4.12. The normalized spacial score (nSPS) is 10.6. The second-order valence-electron chi connectivity index (χ2n) is 4.16. The molecule has 21 heavy (non-hydrogen) atoms. The van der Waals surface area contributed by atoms with Crippen molar-refractivity contribution in [3.05, 3.63) is 29.3 Å². The van der Waals surface area contributed by atoms with E-state index in [1.54, 1.807) is 13.0 Å². The van der Waals surface area contributed by atoms with Gasteiger partial charge >= 0.3 is 5.97 Å². The molecule has 1 aromatic rings. The van der Waals surface area contributed by atoms with Crippen LogP contribution in [0.3, 0.4) is 0 Å². The summed E-state index contributed by atoms with van der Waals surface area (Å²) >= 11 is 0. The van der Waals surface area contributed by atoms with Crippen LogP contribution in [0.2, 0.25) is 0 Å². The highest BCUT2D eigenvalue weighted by Gasteiger charge is 2.15. The SMILES string of the molecule is COC(=O)CCNS(=O)(=O)c1ccc(C#CCO)c(C)c1. The van der Waals surface area contributed by atoms with Crippen molar-refractivity contribution < 1.29 is 23.1 Å². The van der Waals surface area contributed by atoms with Crippen LogP contribution in [0.5, 0.6) is 0 Å². The maximum atomic E-state index is 12.0. The molecule has 0 spiro atoms. The van der Waals surface area contributed by atoms with Gasteiger partial charge in [-0.15, -0.1) is 0 Å². The molecule has 0 atom stereocenters. The summed E-state index contributed by atoms with van der Waals surface area (Å²) in [6, 6.07) is 4.49. The van der Waals surface area contributed by atoms with Crippen LogP contribution in [0, 0.1) is 18.8 Å². The fourth-order valence-electron chi connectivity index (χ4n) is 1.55. The van der Waals surface area contributed by atoms with Gasteiger partial charge in [0.05, 0.1) is 18.4 Å². The van der Waals surface area contributed by atoms with E-state index in [0.29, 0.717) is 11.1 Å². The van der Waals surface area contributed by atoms with Gasteiger partial charge in [-0.3, -0.25) is 4.79 Å². The summed E-state index contributed by atoms with van der Waals surface area (Å²) in [6.45, 7) is 1.45. The number of aliphatic hydroxyl groups is 1. The number of hydrogen-bond acceptors (Lipinski definition) is 5. The van der Waals surface area contributed by atoms with Gasteiger partial charge in [0.2, 0.25) is 10.0 Å². The van der Waals surface area contributed by atoms with E-state index in [1.807, 2.05) is 0 Å². The third-order valence-electron chi connectivity index (χ3n) is 2.66. The monoisotopic (exact) mass is 311 g/mol. The van der Waals surface area contributed by atoms with E-state index >= 15 is 0 Å². The molecule has 0 unspecified atom stereocenters. The Morgan fingerprint density at radius 3 is 2.71 bits per heavy atom. The Kier molecular flexibility index (Phi) is 6.37. The molecule has 0 radical (unpaired) electrons. The summed E-state index contributed by atoms with van der Waals surface area (Å²) in [5.74, 6) is 4.75. The maximum absolute atomic E-state index is 12.0. The topological polar surface area (TPSA) is 92.7 Å². The van der Waals surface area contributed by atoms with Crippen molar-refractivity contribution in [1.82, 2.24) is 4.72 Å². The van der Waals surface area contributed by atoms with Gasteiger partial charge in [-0.05, 0) is 30.7 Å². The number of ether oxygens (including phenoxy) is 1. The molecular weight excluding hydrogens is 294 g/mol. The van der Waals surface area contributed by atoms with E-state index in [4.69, 9.17) is 5.11 Å². The average molecular weight is 311 g/mol. The Labute approximate surface area is 124 Å². The molecular formula is C14H17NO5S. The van der Waals surface area contributed by atoms with Crippen molar-refractivity contribution >= 4 is 16.0 Å². The number of aliphatic hydroxyl groups excluding tert-OH is 1. The van der Waals surface area contributed by atoms with Gasteiger partial charge in [-0.2, -0.15) is 0 Å². The van der Waals surface area contributed by atoms with E-state index in [0.717, 1.165) is 0 Å². The highest BCUT2D eigenvalue weighted by Crippen LogP contribution is 2.14. The summed E-state index contributed by atoms with van der Waals surface area (Å²) in [5.41, 5.74) is 1.34. The van der Waals surface area contributed by atoms with Gasteiger partial charge in [0.15, 0.2) is 0 Å². The first-order valence-electron chi connectivity index (χ1n) is 6.17. The molecule has 0 heterocycles. The van der Waals surface area contributed by atoms with Gasteiger partial charge in [0.1, 0.15) is 6.61 Å². The molecule has 0 aromatic heterocycles. The Morgan fingerprint density at radius 1 is 1.43 bits per heavy atom. The van der Waals surface area contributed by atoms with Crippen LogP contribution < -0.4 is 4.72 Å². The van der Waals surface area contributed by atoms with Crippen LogP contribution >= 0.6 is 0 Å². The molecule has 6 nitrogen and oxygen atoms in total. The zero-order valence-electron chi connectivity index (χ0n) is 11.8. The zero-order chi connectivity index (χ0) is 15.9. The number of methoxy groups -OCH3 is 1. The molecule has 0 aliphatic rings. The van der Waals surface area contributed by atoms with E-state index in [9.17, 15) is 13.2 Å². The smallest absolute Gasteiger partial charge is 0.306 e. The number of rotatable bonds is 5. The minimum absolute atomic E-state index is 0.0277. The van der Waals surface area contributed by atoms with Gasteiger partial charge in [-0.25, -0.2) is 13.1 Å². The number of benzene rings is 1. The maximum Gasteiger partial charge on any atom is 0.306 e. The fraction of sp³-hybridized carbons (Fsp3) is 0.357. The number of nitrogens with one attached hydrogen (secondary N) is 1. The molecule has 0 bridgehead atoms. The van der Waals surface area contributed by atoms with Gasteiger partial charge in [0, 0.05) is 12.1 Å². The molecule has 2 N–H and O–H groups in total. The number of aryl methyl sites for hydroxylation is 1. The van der Waals surface area contributed by atoms with Gasteiger partial charge < -0.3 is 9.84 Å². The fourth-order valence-corrected chi connectivity index (χ4v) is 2.67. The standard InChI is InChI=1S/C14H17NO5S/c1-11-10-13(6-5-12(11)4-3-9-16)21(18,19)15-8-7-14(17)20-2/h5-6,10,15-16H,7-9H2,1-2H3. The Balaban J connectivity index is 2.84. The van der Waals surface area contributed by atoms with Crippen LogP contribution in [0.4, 0.5) is 0 Å². The van der Waals surface area contributed by atoms with E-state index < -0.39 is 16.0 Å². The predicted molar refractivity (Wildman–Crippen MR) is 77.0 cm³/mol. The van der Waals surface area contributed by atoms with Crippen molar-refractivity contribution in [2.24, 2.45) is 0 Å². The lowest BCUT2D eigenvalue weighted by atomic mass is 10.1. The van der Waals surface area contributed by atoms with Gasteiger partial charge in [-0.1, -0.05) is 11.8 Å². The number of hydrogen-bond donors (Lipinski definition) is 2. The van der Waals surface area contributed by atoms with Crippen molar-refractivity contribution in [2.75, 3.05) is 20.3 Å². The lowest BCUT2D eigenvalue weighted by Gasteiger charge is -2.08. The molecule has 0 amide bonds. The van der Waals surface area contributed by atoms with E-state index in [2.05, 4.69) is 21.3 Å². The number of carbonyl (C=O) groups is 1. The second kappa shape index (κ2) is 7.78. The number of esters is 1. The summed E-state index contributed by atoms with van der Waals surface area (Å²) in [7, 11) is -2.44. The minimum atomic E-state index is -3.68. The van der Waals surface area contributed by atoms with E-state index in [-0.39, 0.29) is 24.5 Å². The van der Waals surface area contributed by atoms with Crippen LogP contribution in [-0.2, 0) is 19.6 Å². The van der Waals surface area contributed by atoms with Crippen LogP contribution in [0.15, 0.2) is 23.1 Å². The minimum Gasteiger partial charge on any atom is -0.469 e. The quantitative estimate of drug-likeness (QED) is 0.598. The predicted octanol–water partition coefficient (Wildman–Crippen LogP) is 0.180. The van der Waals surface area contributed by atoms with Crippen LogP contribution in [-0.4, -0.2) is 39.8 Å². The molecule has 7 heteroatoms. The van der Waals surface area contributed by atoms with Crippen molar-refractivity contribution in [3.63, 3.8) is 0 Å². The summed E-state index contributed by atoms with van der Waals surface area (Å²) in [6.07, 6.45) is -0.0330. The first-order chi connectivity index (χ1) is 9.90. The Morgan fingerprint density at radius 2 is 2.14 bits per heavy atom. The van der Waals surface area contributed by atoms with Crippen LogP contribution in [0.25, 0.3) is 0 Å². The highest BCUT2D eigenvalue weighted by atomic mass is 32.2. The first-order valence-corrected chi connectivity index (χ1v) is 7.66. The summed E-state index contributed by atoms with van der Waals surface area (Å²) < 4.78 is 30.8. The molecule has 0 saturated carbocycles. The van der Waals surface area contributed by atoms with Crippen molar-refractivity contribution in [3.8, 4) is 11.8 Å². The molecule has 0 saturated heterocycles. The Hall–Kier alpha value is -1.88. The second-order valence-corrected chi connectivity index (χ2v) is 5.93. The van der Waals surface area contributed by atoms with Crippen LogP contribution in [0.1, 0.15) is 17.5 Å². The summed E-state index contributed by atoms with van der Waals surface area (Å²) in [5, 5.41) is 8.65. The lowest BCUT2D eigenvalue weighted by Crippen LogP contribution is -2.26. The molecule has 114 valence electrons. The Bertz CT molecular complexity index is 670. The van der Waals surface area contributed by atoms with Crippen molar-refractivity contribution in [1.29, 1.82) is 0 Å². The van der Waals surface area contributed by atoms with Gasteiger partial charge in [0.25, 0.3) is 0 Å². The number of sulfonamides is 1. The first kappa shape index (κ1) is 17.2. The largest absolute Gasteiger partial charge is 0.469 e.